The van der Waals surface area contributed by atoms with E-state index in [0.717, 1.165) is 28.5 Å². The van der Waals surface area contributed by atoms with Crippen LogP contribution in [0.15, 0.2) is 41.1 Å². The lowest BCUT2D eigenvalue weighted by Gasteiger charge is -2.03. The van der Waals surface area contributed by atoms with Crippen LogP contribution in [0.5, 0.6) is 0 Å². The minimum atomic E-state index is 0.324. The molecule has 8 heteroatoms. The Hall–Kier alpha value is -3.42. The standard InChI is InChI=1S/C17H15N7O/c1-10-4-6-14(21-20-10)17-19-16(23-25-17)13-5-7-15(18-9-13)24-12(3)8-11(2)22-24/h4-9H,1-3H3. The normalized spacial score (nSPS) is 11.0. The number of hydrogen-bond acceptors (Lipinski definition) is 7. The average molecular weight is 333 g/mol. The van der Waals surface area contributed by atoms with Crippen molar-refractivity contribution in [3.05, 3.63) is 53.6 Å². The SMILES string of the molecule is Cc1ccc(-c2nc(-c3ccc(-n4nc(C)cc4C)nc3)no2)nn1. The van der Waals surface area contributed by atoms with Crippen LogP contribution in [-0.2, 0) is 0 Å². The molecule has 0 aliphatic heterocycles. The monoisotopic (exact) mass is 333 g/mol. The largest absolute Gasteiger partial charge is 0.332 e. The van der Waals surface area contributed by atoms with Gasteiger partial charge in [0.15, 0.2) is 11.5 Å². The molecule has 0 spiro atoms. The predicted molar refractivity (Wildman–Crippen MR) is 89.9 cm³/mol. The number of rotatable bonds is 3. The van der Waals surface area contributed by atoms with Crippen LogP contribution in [-0.4, -0.2) is 35.1 Å². The van der Waals surface area contributed by atoms with Gasteiger partial charge in [0, 0.05) is 17.5 Å². The molecule has 0 aliphatic carbocycles. The topological polar surface area (TPSA) is 95.4 Å². The molecule has 4 aromatic rings. The molecule has 0 amide bonds. The molecule has 0 radical (unpaired) electrons. The molecule has 0 saturated carbocycles. The molecule has 25 heavy (non-hydrogen) atoms. The zero-order valence-corrected chi connectivity index (χ0v) is 14.0. The summed E-state index contributed by atoms with van der Waals surface area (Å²) < 4.78 is 7.07. The van der Waals surface area contributed by atoms with Crippen molar-refractivity contribution in [2.75, 3.05) is 0 Å². The van der Waals surface area contributed by atoms with Crippen molar-refractivity contribution in [3.63, 3.8) is 0 Å². The summed E-state index contributed by atoms with van der Waals surface area (Å²) in [7, 11) is 0. The molecule has 0 unspecified atom stereocenters. The highest BCUT2D eigenvalue weighted by molar-refractivity contribution is 5.57. The fraction of sp³-hybridized carbons (Fsp3) is 0.176. The first kappa shape index (κ1) is 15.1. The molecule has 4 rings (SSSR count). The van der Waals surface area contributed by atoms with Crippen LogP contribution in [0.1, 0.15) is 17.1 Å². The van der Waals surface area contributed by atoms with E-state index in [2.05, 4.69) is 30.4 Å². The zero-order valence-electron chi connectivity index (χ0n) is 14.0. The quantitative estimate of drug-likeness (QED) is 0.568. The molecule has 4 aromatic heterocycles. The maximum Gasteiger partial charge on any atom is 0.278 e. The highest BCUT2D eigenvalue weighted by Crippen LogP contribution is 2.21. The van der Waals surface area contributed by atoms with Crippen molar-refractivity contribution in [1.82, 2.24) is 35.1 Å². The summed E-state index contributed by atoms with van der Waals surface area (Å²) in [5, 5.41) is 16.5. The highest BCUT2D eigenvalue weighted by atomic mass is 16.5. The summed E-state index contributed by atoms with van der Waals surface area (Å²) in [5.74, 6) is 1.51. The summed E-state index contributed by atoms with van der Waals surface area (Å²) in [4.78, 5) is 8.81. The van der Waals surface area contributed by atoms with Crippen molar-refractivity contribution in [2.24, 2.45) is 0 Å². The number of pyridine rings is 1. The number of nitrogens with zero attached hydrogens (tertiary/aromatic N) is 7. The van der Waals surface area contributed by atoms with Crippen molar-refractivity contribution >= 4 is 0 Å². The summed E-state index contributed by atoms with van der Waals surface area (Å²) in [5.41, 5.74) is 4.09. The fourth-order valence-electron chi connectivity index (χ4n) is 2.46. The molecular weight excluding hydrogens is 318 g/mol. The molecule has 0 aliphatic rings. The third-order valence-electron chi connectivity index (χ3n) is 3.68. The van der Waals surface area contributed by atoms with E-state index in [0.29, 0.717) is 17.4 Å². The van der Waals surface area contributed by atoms with Gasteiger partial charge in [-0.15, -0.1) is 5.10 Å². The molecule has 0 saturated heterocycles. The Labute approximate surface area is 143 Å². The Bertz CT molecular complexity index is 1020. The first-order chi connectivity index (χ1) is 12.1. The molecule has 0 atom stereocenters. The van der Waals surface area contributed by atoms with Gasteiger partial charge < -0.3 is 4.52 Å². The lowest BCUT2D eigenvalue weighted by molar-refractivity contribution is 0.430. The highest BCUT2D eigenvalue weighted by Gasteiger charge is 2.13. The minimum Gasteiger partial charge on any atom is -0.332 e. The molecule has 8 nitrogen and oxygen atoms in total. The van der Waals surface area contributed by atoms with Gasteiger partial charge in [-0.05, 0) is 51.1 Å². The van der Waals surface area contributed by atoms with Gasteiger partial charge in [-0.1, -0.05) is 5.16 Å². The second-order valence-electron chi connectivity index (χ2n) is 5.73. The molecule has 124 valence electrons. The summed E-state index contributed by atoms with van der Waals surface area (Å²) >= 11 is 0. The van der Waals surface area contributed by atoms with Gasteiger partial charge in [0.1, 0.15) is 0 Å². The van der Waals surface area contributed by atoms with Gasteiger partial charge in [-0.2, -0.15) is 15.2 Å². The van der Waals surface area contributed by atoms with E-state index in [1.807, 2.05) is 45.0 Å². The smallest absolute Gasteiger partial charge is 0.278 e. The second-order valence-corrected chi connectivity index (χ2v) is 5.73. The predicted octanol–water partition coefficient (Wildman–Crippen LogP) is 2.70. The average Bonchev–Trinajstić information content (AvgIpc) is 3.22. The Morgan fingerprint density at radius 3 is 2.48 bits per heavy atom. The van der Waals surface area contributed by atoms with Crippen molar-refractivity contribution < 1.29 is 4.52 Å². The summed E-state index contributed by atoms with van der Waals surface area (Å²) in [6, 6.07) is 9.40. The van der Waals surface area contributed by atoms with Gasteiger partial charge in [-0.25, -0.2) is 9.67 Å². The summed E-state index contributed by atoms with van der Waals surface area (Å²) in [6.07, 6.45) is 1.70. The molecule has 4 heterocycles. The van der Waals surface area contributed by atoms with E-state index in [1.165, 1.54) is 0 Å². The number of aryl methyl sites for hydroxylation is 3. The van der Waals surface area contributed by atoms with Crippen molar-refractivity contribution in [2.45, 2.75) is 20.8 Å². The van der Waals surface area contributed by atoms with E-state index in [4.69, 9.17) is 4.52 Å². The first-order valence-electron chi connectivity index (χ1n) is 7.74. The van der Waals surface area contributed by atoms with Gasteiger partial charge in [0.05, 0.1) is 11.4 Å². The van der Waals surface area contributed by atoms with E-state index in [9.17, 15) is 0 Å². The van der Waals surface area contributed by atoms with Crippen molar-refractivity contribution in [3.8, 4) is 28.8 Å². The van der Waals surface area contributed by atoms with Crippen molar-refractivity contribution in [1.29, 1.82) is 0 Å². The van der Waals surface area contributed by atoms with Crippen LogP contribution < -0.4 is 0 Å². The van der Waals surface area contributed by atoms with Crippen LogP contribution in [0, 0.1) is 20.8 Å². The fourth-order valence-corrected chi connectivity index (χ4v) is 2.46. The maximum atomic E-state index is 5.27. The Balaban J connectivity index is 1.62. The third kappa shape index (κ3) is 2.89. The molecule has 0 bridgehead atoms. The summed E-state index contributed by atoms with van der Waals surface area (Å²) in [6.45, 7) is 5.81. The van der Waals surface area contributed by atoms with Crippen LogP contribution in [0.3, 0.4) is 0 Å². The van der Waals surface area contributed by atoms with E-state index >= 15 is 0 Å². The van der Waals surface area contributed by atoms with Gasteiger partial charge in [-0.3, -0.25) is 0 Å². The lowest BCUT2D eigenvalue weighted by Crippen LogP contribution is -2.01. The van der Waals surface area contributed by atoms with Crippen LogP contribution >= 0.6 is 0 Å². The minimum absolute atomic E-state index is 0.324. The second kappa shape index (κ2) is 5.90. The lowest BCUT2D eigenvalue weighted by atomic mass is 10.2. The Morgan fingerprint density at radius 1 is 0.960 bits per heavy atom. The van der Waals surface area contributed by atoms with Gasteiger partial charge >= 0.3 is 0 Å². The van der Waals surface area contributed by atoms with E-state index in [-0.39, 0.29) is 0 Å². The maximum absolute atomic E-state index is 5.27. The first-order valence-corrected chi connectivity index (χ1v) is 7.74. The number of hydrogen-bond donors (Lipinski definition) is 0. The molecule has 0 aromatic carbocycles. The van der Waals surface area contributed by atoms with E-state index < -0.39 is 0 Å². The van der Waals surface area contributed by atoms with Crippen LogP contribution in [0.4, 0.5) is 0 Å². The van der Waals surface area contributed by atoms with Gasteiger partial charge in [0.2, 0.25) is 5.82 Å². The third-order valence-corrected chi connectivity index (χ3v) is 3.68. The number of aromatic nitrogens is 7. The van der Waals surface area contributed by atoms with Gasteiger partial charge in [0.25, 0.3) is 5.89 Å². The zero-order chi connectivity index (χ0) is 17.4. The van der Waals surface area contributed by atoms with E-state index in [1.54, 1.807) is 16.9 Å². The molecule has 0 N–H and O–H groups in total. The van der Waals surface area contributed by atoms with Crippen LogP contribution in [0.25, 0.3) is 28.8 Å². The Morgan fingerprint density at radius 2 is 1.84 bits per heavy atom. The van der Waals surface area contributed by atoms with Crippen LogP contribution in [0.2, 0.25) is 0 Å². The molecular formula is C17H15N7O. The molecule has 0 fully saturated rings. The Kier molecular flexibility index (Phi) is 3.57.